The molecule has 0 aliphatic heterocycles. The van der Waals surface area contributed by atoms with E-state index in [2.05, 4.69) is 0 Å². The van der Waals surface area contributed by atoms with Gasteiger partial charge >= 0.3 is 21.1 Å². The summed E-state index contributed by atoms with van der Waals surface area (Å²) in [5, 5.41) is 0. The van der Waals surface area contributed by atoms with Gasteiger partial charge in [0.05, 0.1) is 45.4 Å². The first-order valence-corrected chi connectivity index (χ1v) is 6.19. The van der Waals surface area contributed by atoms with E-state index in [4.69, 9.17) is 53.3 Å². The van der Waals surface area contributed by atoms with Crippen LogP contribution in [0.1, 0.15) is 0 Å². The van der Waals surface area contributed by atoms with Crippen LogP contribution in [-0.4, -0.2) is 53.3 Å². The molecule has 0 bridgehead atoms. The van der Waals surface area contributed by atoms with Crippen molar-refractivity contribution in [3.63, 3.8) is 0 Å². The van der Waals surface area contributed by atoms with E-state index in [-0.39, 0.29) is 21.1 Å². The van der Waals surface area contributed by atoms with E-state index in [1.165, 1.54) is 0 Å². The Labute approximate surface area is 119 Å². The molecule has 4 atom stereocenters. The first-order chi connectivity index (χ1) is 6.93. The second kappa shape index (κ2) is 25.7. The van der Waals surface area contributed by atoms with Crippen LogP contribution in [0.4, 0.5) is 0 Å². The molecule has 0 aromatic heterocycles. The fourth-order valence-electron chi connectivity index (χ4n) is 0. The van der Waals surface area contributed by atoms with Crippen LogP contribution in [0.15, 0.2) is 0 Å². The van der Waals surface area contributed by atoms with Crippen LogP contribution in [0.25, 0.3) is 0 Å². The van der Waals surface area contributed by atoms with Crippen molar-refractivity contribution in [3.05, 3.63) is 0 Å². The van der Waals surface area contributed by atoms with Gasteiger partial charge < -0.3 is 36.4 Å². The minimum absolute atomic E-state index is 0. The molecule has 17 heteroatoms. The molecule has 0 aliphatic rings. The Morgan fingerprint density at radius 3 is 0.529 bits per heavy atom. The minimum atomic E-state index is -2.86. The third-order valence-electron chi connectivity index (χ3n) is 0. The molecule has 12 nitrogen and oxygen atoms in total. The minimum Gasteiger partial charge on any atom is -0.750 e. The second-order valence-corrected chi connectivity index (χ2v) is 2.61. The monoisotopic (exact) mass is 519 g/mol. The van der Waals surface area contributed by atoms with Crippen molar-refractivity contribution in [2.24, 2.45) is 0 Å². The van der Waals surface area contributed by atoms with Crippen molar-refractivity contribution in [2.75, 3.05) is 0 Å². The molecular weight excluding hydrogens is 515 g/mol. The van der Waals surface area contributed by atoms with Gasteiger partial charge in [0.15, 0.2) is 0 Å². The van der Waals surface area contributed by atoms with Gasteiger partial charge in [-0.05, 0) is 0 Å². The van der Waals surface area contributed by atoms with Crippen LogP contribution in [0.2, 0.25) is 0 Å². The Morgan fingerprint density at radius 2 is 0.529 bits per heavy atom. The summed E-state index contributed by atoms with van der Waals surface area (Å²) < 4.78 is 96.3. The van der Waals surface area contributed by atoms with Gasteiger partial charge in [0.25, 0.3) is 0 Å². The maximum Gasteiger partial charge on any atom is 4.00 e. The predicted octanol–water partition coefficient (Wildman–Crippen LogP) is -2.65. The molecule has 0 heterocycles. The van der Waals surface area contributed by atoms with E-state index in [1.807, 2.05) is 0 Å². The van der Waals surface area contributed by atoms with Crippen molar-refractivity contribution in [3.8, 4) is 0 Å². The fourth-order valence-corrected chi connectivity index (χ4v) is 0. The van der Waals surface area contributed by atoms with Gasteiger partial charge in [-0.3, -0.25) is 0 Å². The van der Waals surface area contributed by atoms with Gasteiger partial charge in [-0.2, -0.15) is 0 Å². The third-order valence-corrected chi connectivity index (χ3v) is 0. The summed E-state index contributed by atoms with van der Waals surface area (Å²) in [4.78, 5) is 0. The van der Waals surface area contributed by atoms with Crippen molar-refractivity contribution < 1.29 is 74.3 Å². The summed E-state index contributed by atoms with van der Waals surface area (Å²) in [6, 6.07) is 0. The molecule has 0 aliphatic carbocycles. The van der Waals surface area contributed by atoms with Crippen LogP contribution in [0.3, 0.4) is 0 Å². The zero-order valence-corrected chi connectivity index (χ0v) is 12.5. The predicted molar refractivity (Wildman–Crippen MR) is 46.2 cm³/mol. The number of rotatable bonds is 0. The van der Waals surface area contributed by atoms with Crippen LogP contribution in [0, 0.1) is 0 Å². The van der Waals surface area contributed by atoms with Gasteiger partial charge in [0.1, 0.15) is 0 Å². The van der Waals surface area contributed by atoms with Gasteiger partial charge in [0, 0.05) is 0 Å². The largest absolute Gasteiger partial charge is 4.00 e. The SMILES string of the molecule is O=S([O-])O.O=S([O-])O.O=S([O-])O.O=S([O-])O.[Pt+4]. The molecule has 17 heavy (non-hydrogen) atoms. The quantitative estimate of drug-likeness (QED) is 0.240. The second-order valence-electron chi connectivity index (χ2n) is 0.868. The zero-order chi connectivity index (χ0) is 14.3. The summed E-state index contributed by atoms with van der Waals surface area (Å²) in [5.41, 5.74) is 0. The molecule has 0 radical (unpaired) electrons. The number of hydrogen-bond donors (Lipinski definition) is 4. The smallest absolute Gasteiger partial charge is 0.750 e. The van der Waals surface area contributed by atoms with E-state index in [1.54, 1.807) is 0 Å². The Hall–Kier alpha value is 0.968. The van der Waals surface area contributed by atoms with Crippen LogP contribution >= 0.6 is 0 Å². The first kappa shape index (κ1) is 30.8. The van der Waals surface area contributed by atoms with Crippen molar-refractivity contribution in [1.29, 1.82) is 0 Å². The van der Waals surface area contributed by atoms with E-state index < -0.39 is 45.4 Å². The Morgan fingerprint density at radius 1 is 0.529 bits per heavy atom. The van der Waals surface area contributed by atoms with Crippen LogP contribution in [-0.2, 0) is 66.5 Å². The van der Waals surface area contributed by atoms with E-state index in [0.717, 1.165) is 0 Å². The molecule has 0 saturated carbocycles. The molecular formula is H4O12PtS4. The molecule has 110 valence electrons. The average molecular weight is 519 g/mol. The summed E-state index contributed by atoms with van der Waals surface area (Å²) >= 11 is -11.4. The van der Waals surface area contributed by atoms with Gasteiger partial charge in [0.2, 0.25) is 0 Å². The normalized spacial score (nSPS) is 14.6. The molecule has 0 aromatic rings. The molecule has 0 amide bonds. The Bertz CT molecular complexity index is 159. The Balaban J connectivity index is -0.0000000369. The van der Waals surface area contributed by atoms with Gasteiger partial charge in [-0.25, -0.2) is 16.8 Å². The molecule has 4 unspecified atom stereocenters. The van der Waals surface area contributed by atoms with Gasteiger partial charge in [-0.1, -0.05) is 0 Å². The Kier molecular flexibility index (Phi) is 46.6. The van der Waals surface area contributed by atoms with E-state index in [9.17, 15) is 0 Å². The maximum absolute atomic E-state index is 8.56. The van der Waals surface area contributed by atoms with Crippen molar-refractivity contribution in [2.45, 2.75) is 0 Å². The molecule has 0 spiro atoms. The molecule has 4 N–H and O–H groups in total. The molecule has 0 rings (SSSR count). The standard InChI is InChI=1S/4H2O3S.Pt/c4*1-4(2)3;/h4*(H2,1,2,3);/q;;;;+4/p-4. The van der Waals surface area contributed by atoms with Crippen LogP contribution < -0.4 is 0 Å². The van der Waals surface area contributed by atoms with Gasteiger partial charge in [-0.15, -0.1) is 0 Å². The number of hydrogen-bond acceptors (Lipinski definition) is 8. The van der Waals surface area contributed by atoms with Crippen molar-refractivity contribution >= 4 is 45.4 Å². The molecule has 0 fully saturated rings. The zero-order valence-electron chi connectivity index (χ0n) is 7.00. The summed E-state index contributed by atoms with van der Waals surface area (Å²) in [5.74, 6) is 0. The summed E-state index contributed by atoms with van der Waals surface area (Å²) in [6.07, 6.45) is 0. The van der Waals surface area contributed by atoms with Crippen molar-refractivity contribution in [1.82, 2.24) is 0 Å². The maximum atomic E-state index is 8.56. The first-order valence-electron chi connectivity index (χ1n) is 2.06. The average Bonchev–Trinajstić information content (AvgIpc) is 1.76. The topological polar surface area (TPSA) is 241 Å². The fraction of sp³-hybridized carbons (Fsp3) is 0. The summed E-state index contributed by atoms with van der Waals surface area (Å²) in [7, 11) is 0. The van der Waals surface area contributed by atoms with Crippen LogP contribution in [0.5, 0.6) is 0 Å². The van der Waals surface area contributed by atoms with E-state index in [0.29, 0.717) is 0 Å². The summed E-state index contributed by atoms with van der Waals surface area (Å²) in [6.45, 7) is 0. The third kappa shape index (κ3) is 4050. The molecule has 0 saturated heterocycles. The van der Waals surface area contributed by atoms with E-state index >= 15 is 0 Å². The molecule has 0 aromatic carbocycles.